The smallest absolute Gasteiger partial charge is 0.417 e. The molecule has 2 atom stereocenters. The van der Waals surface area contributed by atoms with Crippen molar-refractivity contribution in [2.75, 3.05) is 13.2 Å². The Hall–Kier alpha value is -4.49. The fourth-order valence-electron chi connectivity index (χ4n) is 5.26. The average Bonchev–Trinajstić information content (AvgIpc) is 3.60. The molecular weight excluding hydrogens is 518 g/mol. The molecule has 0 spiro atoms. The van der Waals surface area contributed by atoms with Crippen molar-refractivity contribution < 1.29 is 28.6 Å². The van der Waals surface area contributed by atoms with Gasteiger partial charge < -0.3 is 14.3 Å². The molecule has 3 aromatic carbocycles. The molecular formula is C34H33NO6. The van der Waals surface area contributed by atoms with Crippen LogP contribution < -0.4 is 0 Å². The number of amides is 2. The Kier molecular flexibility index (Phi) is 8.75. The van der Waals surface area contributed by atoms with Crippen molar-refractivity contribution in [3.05, 3.63) is 119 Å². The molecule has 41 heavy (non-hydrogen) atoms. The van der Waals surface area contributed by atoms with Crippen molar-refractivity contribution in [2.45, 2.75) is 38.6 Å². The number of carbonyl (C=O) groups is 3. The molecule has 4 aromatic rings. The van der Waals surface area contributed by atoms with E-state index in [4.69, 9.17) is 9.15 Å². The first-order valence-corrected chi connectivity index (χ1v) is 13.9. The lowest BCUT2D eigenvalue weighted by molar-refractivity contribution is -0.132. The van der Waals surface area contributed by atoms with Gasteiger partial charge >= 0.3 is 6.09 Å². The van der Waals surface area contributed by atoms with Gasteiger partial charge in [-0.2, -0.15) is 0 Å². The summed E-state index contributed by atoms with van der Waals surface area (Å²) in [4.78, 5) is 42.2. The number of ether oxygens (including phenoxy) is 1. The fraction of sp³-hybridized carbons (Fsp3) is 0.265. The van der Waals surface area contributed by atoms with Gasteiger partial charge in [-0.25, -0.2) is 9.69 Å². The number of aliphatic hydroxyl groups is 1. The van der Waals surface area contributed by atoms with Gasteiger partial charge in [-0.05, 0) is 48.9 Å². The van der Waals surface area contributed by atoms with Crippen molar-refractivity contribution in [3.63, 3.8) is 0 Å². The van der Waals surface area contributed by atoms with Crippen LogP contribution in [0, 0.1) is 12.8 Å². The maximum atomic E-state index is 14.2. The molecule has 5 rings (SSSR count). The van der Waals surface area contributed by atoms with Gasteiger partial charge in [0.1, 0.15) is 24.3 Å². The zero-order valence-corrected chi connectivity index (χ0v) is 23.0. The Bertz CT molecular complexity index is 1510. The predicted molar refractivity (Wildman–Crippen MR) is 154 cm³/mol. The number of rotatable bonds is 11. The van der Waals surface area contributed by atoms with Crippen LogP contribution in [0.2, 0.25) is 0 Å². The monoisotopic (exact) mass is 551 g/mol. The predicted octanol–water partition coefficient (Wildman–Crippen LogP) is 6.33. The van der Waals surface area contributed by atoms with Crippen LogP contribution in [-0.4, -0.2) is 41.0 Å². The third-order valence-corrected chi connectivity index (χ3v) is 7.38. The highest BCUT2D eigenvalue weighted by molar-refractivity contribution is 6.12. The number of furan rings is 1. The topological polar surface area (TPSA) is 97.1 Å². The summed E-state index contributed by atoms with van der Waals surface area (Å²) >= 11 is 0. The van der Waals surface area contributed by atoms with E-state index < -0.39 is 29.7 Å². The van der Waals surface area contributed by atoms with Gasteiger partial charge in [-0.1, -0.05) is 90.5 Å². The molecule has 0 aliphatic carbocycles. The van der Waals surface area contributed by atoms with Crippen LogP contribution in [0.1, 0.15) is 51.9 Å². The number of ketones is 1. The Morgan fingerprint density at radius 3 is 2.39 bits per heavy atom. The van der Waals surface area contributed by atoms with E-state index in [-0.39, 0.29) is 25.4 Å². The molecule has 7 heteroatoms. The van der Waals surface area contributed by atoms with Crippen LogP contribution in [0.25, 0.3) is 11.1 Å². The van der Waals surface area contributed by atoms with Gasteiger partial charge in [0.2, 0.25) is 11.7 Å². The molecule has 7 nitrogen and oxygen atoms in total. The number of aliphatic hydroxyl groups excluding tert-OH is 1. The number of unbranched alkanes of at least 4 members (excludes halogenated alkanes) is 1. The molecule has 0 bridgehead atoms. The number of aryl methyl sites for hydroxylation is 2. The first-order chi connectivity index (χ1) is 20.0. The zero-order chi connectivity index (χ0) is 28.8. The first kappa shape index (κ1) is 28.1. The molecule has 2 heterocycles. The van der Waals surface area contributed by atoms with Gasteiger partial charge in [0.05, 0.1) is 0 Å². The largest absolute Gasteiger partial charge is 0.457 e. The second kappa shape index (κ2) is 12.8. The summed E-state index contributed by atoms with van der Waals surface area (Å²) < 4.78 is 11.5. The van der Waals surface area contributed by atoms with Crippen molar-refractivity contribution in [3.8, 4) is 11.1 Å². The molecule has 1 aliphatic rings. The number of Topliss-reactive ketones (excluding diaryl/α,β-unsaturated/α-hetero) is 1. The van der Waals surface area contributed by atoms with E-state index >= 15 is 0 Å². The molecule has 1 aliphatic heterocycles. The molecule has 0 saturated carbocycles. The summed E-state index contributed by atoms with van der Waals surface area (Å²) in [7, 11) is 0. The lowest BCUT2D eigenvalue weighted by atomic mass is 9.91. The normalized spacial score (nSPS) is 15.5. The van der Waals surface area contributed by atoms with Crippen molar-refractivity contribution >= 4 is 17.8 Å². The lowest BCUT2D eigenvalue weighted by Crippen LogP contribution is -2.42. The Labute approximate surface area is 239 Å². The average molecular weight is 552 g/mol. The number of nitrogens with zero attached hydrogens (tertiary/aromatic N) is 1. The van der Waals surface area contributed by atoms with E-state index in [1.54, 1.807) is 6.07 Å². The van der Waals surface area contributed by atoms with Crippen LogP contribution >= 0.6 is 0 Å². The van der Waals surface area contributed by atoms with Crippen LogP contribution in [0.5, 0.6) is 0 Å². The van der Waals surface area contributed by atoms with E-state index in [9.17, 15) is 19.5 Å². The summed E-state index contributed by atoms with van der Waals surface area (Å²) in [6.45, 7) is 2.08. The summed E-state index contributed by atoms with van der Waals surface area (Å²) in [5, 5.41) is 9.30. The molecule has 2 amide bonds. The van der Waals surface area contributed by atoms with Crippen LogP contribution in [0.3, 0.4) is 0 Å². The summed E-state index contributed by atoms with van der Waals surface area (Å²) in [5.41, 5.74) is 4.29. The second-order valence-electron chi connectivity index (χ2n) is 10.3. The molecule has 0 radical (unpaired) electrons. The van der Waals surface area contributed by atoms with Gasteiger partial charge in [0.15, 0.2) is 5.76 Å². The first-order valence-electron chi connectivity index (χ1n) is 13.9. The van der Waals surface area contributed by atoms with Gasteiger partial charge in [-0.3, -0.25) is 9.59 Å². The molecule has 1 aromatic heterocycles. The Balaban J connectivity index is 1.53. The van der Waals surface area contributed by atoms with E-state index in [2.05, 4.69) is 0 Å². The molecule has 1 fully saturated rings. The fourth-order valence-corrected chi connectivity index (χ4v) is 5.26. The minimum absolute atomic E-state index is 0.0219. The minimum Gasteiger partial charge on any atom is -0.457 e. The summed E-state index contributed by atoms with van der Waals surface area (Å²) in [6.07, 6.45) is 1.15. The SMILES string of the molecule is Cc1cccc(-c2cc(C(=O)C(Cc3ccccc3)C(=O)N3C(=O)OCC3c3ccccc3)oc2CCCCO)c1. The minimum atomic E-state index is -1.20. The van der Waals surface area contributed by atoms with Crippen molar-refractivity contribution in [2.24, 2.45) is 5.92 Å². The van der Waals surface area contributed by atoms with Crippen LogP contribution in [-0.2, 0) is 22.4 Å². The Morgan fingerprint density at radius 2 is 1.68 bits per heavy atom. The highest BCUT2D eigenvalue weighted by atomic mass is 16.6. The van der Waals surface area contributed by atoms with E-state index in [1.807, 2.05) is 91.9 Å². The van der Waals surface area contributed by atoms with Gasteiger partial charge in [0, 0.05) is 18.6 Å². The standard InChI is InChI=1S/C34H33NO6/c1-23-11-10-16-26(19-23)27-21-31(41-30(27)17-8-9-18-36)32(37)28(20-24-12-4-2-5-13-24)33(38)35-29(22-40-34(35)39)25-14-6-3-7-15-25/h2-7,10-16,19,21,28-29,36H,8-9,17-18,20,22H2,1H3. The maximum absolute atomic E-state index is 14.2. The Morgan fingerprint density at radius 1 is 0.951 bits per heavy atom. The number of benzene rings is 3. The molecule has 210 valence electrons. The highest BCUT2D eigenvalue weighted by Gasteiger charge is 2.44. The van der Waals surface area contributed by atoms with Gasteiger partial charge in [-0.15, -0.1) is 0 Å². The van der Waals surface area contributed by atoms with Gasteiger partial charge in [0.25, 0.3) is 0 Å². The third-order valence-electron chi connectivity index (χ3n) is 7.38. The summed E-state index contributed by atoms with van der Waals surface area (Å²) in [6, 6.07) is 27.4. The van der Waals surface area contributed by atoms with E-state index in [1.165, 1.54) is 0 Å². The quantitative estimate of drug-likeness (QED) is 0.133. The number of hydrogen-bond donors (Lipinski definition) is 1. The number of hydrogen-bond acceptors (Lipinski definition) is 6. The number of carbonyl (C=O) groups excluding carboxylic acids is 3. The highest BCUT2D eigenvalue weighted by Crippen LogP contribution is 2.34. The van der Waals surface area contributed by atoms with Crippen molar-refractivity contribution in [1.29, 1.82) is 0 Å². The molecule has 1 N–H and O–H groups in total. The third kappa shape index (κ3) is 6.31. The summed E-state index contributed by atoms with van der Waals surface area (Å²) in [5.74, 6) is -1.62. The van der Waals surface area contributed by atoms with E-state index in [0.29, 0.717) is 25.0 Å². The van der Waals surface area contributed by atoms with Crippen LogP contribution in [0.15, 0.2) is 95.4 Å². The lowest BCUT2D eigenvalue weighted by Gasteiger charge is -2.24. The zero-order valence-electron chi connectivity index (χ0n) is 23.0. The number of cyclic esters (lactones) is 1. The maximum Gasteiger partial charge on any atom is 0.417 e. The molecule has 2 unspecified atom stereocenters. The molecule has 1 saturated heterocycles. The van der Waals surface area contributed by atoms with E-state index in [0.717, 1.165) is 32.7 Å². The van der Waals surface area contributed by atoms with Crippen LogP contribution in [0.4, 0.5) is 4.79 Å². The number of imide groups is 1. The van der Waals surface area contributed by atoms with Crippen molar-refractivity contribution in [1.82, 2.24) is 4.90 Å². The second-order valence-corrected chi connectivity index (χ2v) is 10.3.